The predicted molar refractivity (Wildman–Crippen MR) is 81.1 cm³/mol. The second-order valence-corrected chi connectivity index (χ2v) is 6.27. The van der Waals surface area contributed by atoms with E-state index < -0.39 is 0 Å². The standard InChI is InChI=1S/C15H13ClN2OS/c16-10-3-1-9(2-4-10)14-11(7-17)15(18)19-13-5-6-20-8-12(13)14/h1-4,14H,5-6,8,18H2. The average Bonchev–Trinajstić information content (AvgIpc) is 2.47. The molecule has 0 spiro atoms. The lowest BCUT2D eigenvalue weighted by molar-refractivity contribution is 0.268. The number of thioether (sulfide) groups is 1. The fourth-order valence-corrected chi connectivity index (χ4v) is 3.74. The summed E-state index contributed by atoms with van der Waals surface area (Å²) in [6.45, 7) is 0. The number of nitrogens with zero attached hydrogens (tertiary/aromatic N) is 1. The van der Waals surface area contributed by atoms with Gasteiger partial charge in [-0.3, -0.25) is 0 Å². The molecule has 0 aromatic heterocycles. The highest BCUT2D eigenvalue weighted by atomic mass is 35.5. The second kappa shape index (κ2) is 5.43. The summed E-state index contributed by atoms with van der Waals surface area (Å²) in [5.74, 6) is 2.97. The van der Waals surface area contributed by atoms with Crippen LogP contribution in [0.25, 0.3) is 0 Å². The van der Waals surface area contributed by atoms with Crippen molar-refractivity contribution < 1.29 is 4.74 Å². The van der Waals surface area contributed by atoms with Crippen molar-refractivity contribution in [2.24, 2.45) is 5.73 Å². The van der Waals surface area contributed by atoms with Gasteiger partial charge in [0.05, 0.1) is 0 Å². The van der Waals surface area contributed by atoms with Gasteiger partial charge in [-0.25, -0.2) is 0 Å². The van der Waals surface area contributed by atoms with Gasteiger partial charge in [0.15, 0.2) is 0 Å². The summed E-state index contributed by atoms with van der Waals surface area (Å²) in [7, 11) is 0. The molecule has 3 rings (SSSR count). The van der Waals surface area contributed by atoms with Gasteiger partial charge < -0.3 is 10.5 Å². The minimum absolute atomic E-state index is 0.103. The monoisotopic (exact) mass is 304 g/mol. The maximum Gasteiger partial charge on any atom is 0.205 e. The molecule has 2 aliphatic rings. The fraction of sp³-hybridized carbons (Fsp3) is 0.267. The van der Waals surface area contributed by atoms with Crippen LogP contribution in [0.2, 0.25) is 5.02 Å². The highest BCUT2D eigenvalue weighted by Crippen LogP contribution is 2.43. The van der Waals surface area contributed by atoms with Crippen molar-refractivity contribution in [3.63, 3.8) is 0 Å². The van der Waals surface area contributed by atoms with E-state index in [2.05, 4.69) is 6.07 Å². The first kappa shape index (κ1) is 13.4. The fourth-order valence-electron chi connectivity index (χ4n) is 2.60. The van der Waals surface area contributed by atoms with Gasteiger partial charge in [-0.05, 0) is 23.3 Å². The van der Waals surface area contributed by atoms with Crippen molar-refractivity contribution in [2.45, 2.75) is 12.3 Å². The smallest absolute Gasteiger partial charge is 0.205 e. The van der Waals surface area contributed by atoms with E-state index in [4.69, 9.17) is 22.1 Å². The Balaban J connectivity index is 2.11. The molecule has 1 atom stereocenters. The van der Waals surface area contributed by atoms with Crippen LogP contribution in [0.3, 0.4) is 0 Å². The number of nitrogens with two attached hydrogens (primary N) is 1. The van der Waals surface area contributed by atoms with Gasteiger partial charge in [-0.1, -0.05) is 23.7 Å². The molecular formula is C15H13ClN2OS. The number of benzene rings is 1. The topological polar surface area (TPSA) is 59.0 Å². The van der Waals surface area contributed by atoms with Crippen LogP contribution in [-0.4, -0.2) is 11.5 Å². The summed E-state index contributed by atoms with van der Waals surface area (Å²) in [6, 6.07) is 9.79. The highest BCUT2D eigenvalue weighted by molar-refractivity contribution is 7.99. The number of hydrogen-bond acceptors (Lipinski definition) is 4. The molecule has 1 aromatic rings. The normalized spacial score (nSPS) is 22.1. The van der Waals surface area contributed by atoms with E-state index in [-0.39, 0.29) is 11.8 Å². The molecule has 3 nitrogen and oxygen atoms in total. The number of halogens is 1. The lowest BCUT2D eigenvalue weighted by Gasteiger charge is -2.31. The molecule has 5 heteroatoms. The first-order valence-electron chi connectivity index (χ1n) is 6.33. The second-order valence-electron chi connectivity index (χ2n) is 4.73. The Morgan fingerprint density at radius 3 is 2.80 bits per heavy atom. The van der Waals surface area contributed by atoms with Crippen molar-refractivity contribution in [3.05, 3.63) is 57.6 Å². The number of nitriles is 1. The van der Waals surface area contributed by atoms with Crippen LogP contribution in [0.5, 0.6) is 0 Å². The number of rotatable bonds is 1. The minimum atomic E-state index is -0.103. The molecule has 2 N–H and O–H groups in total. The van der Waals surface area contributed by atoms with Gasteiger partial charge in [0.2, 0.25) is 5.88 Å². The summed E-state index contributed by atoms with van der Waals surface area (Å²) < 4.78 is 5.64. The lowest BCUT2D eigenvalue weighted by Crippen LogP contribution is -2.24. The largest absolute Gasteiger partial charge is 0.445 e. The Bertz CT molecular complexity index is 643. The molecule has 0 bridgehead atoms. The summed E-state index contributed by atoms with van der Waals surface area (Å²) in [6.07, 6.45) is 0.865. The van der Waals surface area contributed by atoms with Crippen molar-refractivity contribution in [2.75, 3.05) is 11.5 Å². The third kappa shape index (κ3) is 2.28. The quantitative estimate of drug-likeness (QED) is 0.862. The minimum Gasteiger partial charge on any atom is -0.445 e. The summed E-state index contributed by atoms with van der Waals surface area (Å²) in [5, 5.41) is 10.1. The number of ether oxygens (including phenoxy) is 1. The Labute approximate surface area is 127 Å². The van der Waals surface area contributed by atoms with Crippen LogP contribution in [0, 0.1) is 11.3 Å². The highest BCUT2D eigenvalue weighted by Gasteiger charge is 2.33. The zero-order valence-corrected chi connectivity index (χ0v) is 12.3. The Morgan fingerprint density at radius 1 is 1.35 bits per heavy atom. The molecule has 0 radical (unpaired) electrons. The Morgan fingerprint density at radius 2 is 2.10 bits per heavy atom. The third-order valence-electron chi connectivity index (χ3n) is 3.55. The van der Waals surface area contributed by atoms with Crippen molar-refractivity contribution in [1.29, 1.82) is 5.26 Å². The van der Waals surface area contributed by atoms with Crippen molar-refractivity contribution in [1.82, 2.24) is 0 Å². The number of allylic oxidation sites excluding steroid dienone is 2. The van der Waals surface area contributed by atoms with Gasteiger partial charge in [0.25, 0.3) is 0 Å². The molecule has 1 unspecified atom stereocenters. The van der Waals surface area contributed by atoms with Gasteiger partial charge in [-0.15, -0.1) is 0 Å². The maximum absolute atomic E-state index is 9.41. The van der Waals surface area contributed by atoms with Gasteiger partial charge >= 0.3 is 0 Å². The van der Waals surface area contributed by atoms with Crippen molar-refractivity contribution in [3.8, 4) is 6.07 Å². The van der Waals surface area contributed by atoms with E-state index in [1.165, 1.54) is 0 Å². The maximum atomic E-state index is 9.41. The molecule has 1 aromatic carbocycles. The molecule has 0 saturated carbocycles. The van der Waals surface area contributed by atoms with Crippen LogP contribution in [0.1, 0.15) is 17.9 Å². The number of hydrogen-bond donors (Lipinski definition) is 1. The average molecular weight is 305 g/mol. The lowest BCUT2D eigenvalue weighted by atomic mass is 9.83. The molecular weight excluding hydrogens is 292 g/mol. The Hall–Kier alpha value is -1.57. The third-order valence-corrected chi connectivity index (χ3v) is 4.81. The Kier molecular flexibility index (Phi) is 3.64. The van der Waals surface area contributed by atoms with E-state index >= 15 is 0 Å². The molecule has 20 heavy (non-hydrogen) atoms. The molecule has 2 heterocycles. The summed E-state index contributed by atoms with van der Waals surface area (Å²) >= 11 is 7.80. The van der Waals surface area contributed by atoms with Crippen molar-refractivity contribution >= 4 is 23.4 Å². The molecule has 0 fully saturated rings. The summed E-state index contributed by atoms with van der Waals surface area (Å²) in [5.41, 5.74) is 8.61. The zero-order valence-electron chi connectivity index (χ0n) is 10.7. The SMILES string of the molecule is N#CC1=C(N)OC2=C(CSCC2)C1c1ccc(Cl)cc1. The predicted octanol–water partition coefficient (Wildman–Crippen LogP) is 3.54. The van der Waals surface area contributed by atoms with Crippen LogP contribution in [0.4, 0.5) is 0 Å². The van der Waals surface area contributed by atoms with E-state index in [9.17, 15) is 5.26 Å². The van der Waals surface area contributed by atoms with E-state index in [1.807, 2.05) is 36.0 Å². The van der Waals surface area contributed by atoms with Gasteiger partial charge in [-0.2, -0.15) is 17.0 Å². The first-order chi connectivity index (χ1) is 9.70. The van der Waals surface area contributed by atoms with Crippen LogP contribution < -0.4 is 5.73 Å². The van der Waals surface area contributed by atoms with Crippen LogP contribution in [-0.2, 0) is 4.74 Å². The molecule has 0 aliphatic carbocycles. The van der Waals surface area contributed by atoms with E-state index in [1.54, 1.807) is 0 Å². The first-order valence-corrected chi connectivity index (χ1v) is 7.86. The van der Waals surface area contributed by atoms with E-state index in [0.717, 1.165) is 34.8 Å². The van der Waals surface area contributed by atoms with Crippen LogP contribution in [0.15, 0.2) is 47.1 Å². The molecule has 0 amide bonds. The summed E-state index contributed by atoms with van der Waals surface area (Å²) in [4.78, 5) is 0. The van der Waals surface area contributed by atoms with Gasteiger partial charge in [0, 0.05) is 28.9 Å². The molecule has 102 valence electrons. The van der Waals surface area contributed by atoms with Crippen LogP contribution >= 0.6 is 23.4 Å². The van der Waals surface area contributed by atoms with E-state index in [0.29, 0.717) is 10.6 Å². The molecule has 2 aliphatic heterocycles. The van der Waals surface area contributed by atoms with Gasteiger partial charge in [0.1, 0.15) is 17.4 Å². The zero-order chi connectivity index (χ0) is 14.1. The molecule has 0 saturated heterocycles.